The summed E-state index contributed by atoms with van der Waals surface area (Å²) in [6.07, 6.45) is 3.09. The number of carbonyl (C=O) groups excluding carboxylic acids is 2. The molecule has 1 aromatic carbocycles. The van der Waals surface area contributed by atoms with Gasteiger partial charge in [0.05, 0.1) is 5.57 Å². The van der Waals surface area contributed by atoms with Crippen LogP contribution in [0.3, 0.4) is 0 Å². The van der Waals surface area contributed by atoms with E-state index in [1.165, 1.54) is 19.2 Å². The van der Waals surface area contributed by atoms with Crippen LogP contribution in [0.25, 0.3) is 11.2 Å². The molecule has 3 aromatic heterocycles. The summed E-state index contributed by atoms with van der Waals surface area (Å²) in [5.74, 6) is -0.00191. The third-order valence-corrected chi connectivity index (χ3v) is 6.06. The number of allylic oxidation sites excluding steroid dienone is 1. The van der Waals surface area contributed by atoms with Crippen LogP contribution in [-0.2, 0) is 4.79 Å². The minimum absolute atomic E-state index is 0.133. The number of rotatable bonds is 5. The van der Waals surface area contributed by atoms with Gasteiger partial charge in [0.15, 0.2) is 11.4 Å². The second kappa shape index (κ2) is 9.82. The number of pyridine rings is 2. The Kier molecular flexibility index (Phi) is 6.41. The van der Waals surface area contributed by atoms with Crippen LogP contribution in [0, 0.1) is 6.92 Å². The third kappa shape index (κ3) is 5.05. The van der Waals surface area contributed by atoms with Crippen LogP contribution in [0.15, 0.2) is 75.5 Å². The molecule has 1 atom stereocenters. The van der Waals surface area contributed by atoms with E-state index >= 15 is 0 Å². The van der Waals surface area contributed by atoms with E-state index in [0.717, 1.165) is 5.56 Å². The molecule has 1 amide bonds. The lowest BCUT2D eigenvalue weighted by atomic mass is 9.95. The van der Waals surface area contributed by atoms with Crippen LogP contribution in [0.5, 0.6) is 0 Å². The maximum atomic E-state index is 13.5. The fraction of sp³-hybridized carbons (Fsp3) is 0.154. The molecule has 0 radical (unpaired) electrons. The summed E-state index contributed by atoms with van der Waals surface area (Å²) in [6, 6.07) is 11.6. The van der Waals surface area contributed by atoms with Crippen molar-refractivity contribution in [1.29, 1.82) is 0 Å². The van der Waals surface area contributed by atoms with Gasteiger partial charge < -0.3 is 15.1 Å². The minimum Gasteiger partial charge on any atom is -0.421 e. The number of hydrogen-bond acceptors (Lipinski definition) is 9. The zero-order chi connectivity index (χ0) is 26.1. The third-order valence-electron chi connectivity index (χ3n) is 5.74. The maximum absolute atomic E-state index is 13.5. The standard InChI is InChI=1S/C26H22ClN7O3/c1-13-6-7-17(18(27)11-13)22-21(24(36)31-20-12-16(15(3)35)8-10-28-20)14(2)30-25(32-22)34-26-33-23-19(37-26)5-4-9-29-23/h4-12,22H,1-3H3,(H,28,31,36)(H2,29,30,32,33,34). The van der Waals surface area contributed by atoms with E-state index in [1.807, 2.05) is 25.1 Å². The van der Waals surface area contributed by atoms with E-state index in [2.05, 4.69) is 30.9 Å². The number of aliphatic imine (C=N–C) groups is 1. The van der Waals surface area contributed by atoms with Crippen molar-refractivity contribution >= 4 is 52.3 Å². The second-order valence-electron chi connectivity index (χ2n) is 8.48. The zero-order valence-electron chi connectivity index (χ0n) is 20.2. The lowest BCUT2D eigenvalue weighted by Crippen LogP contribution is -2.37. The number of Topliss-reactive ketones (excluding diaryl/α,β-unsaturated/α-hetero) is 1. The van der Waals surface area contributed by atoms with Crippen molar-refractivity contribution in [2.75, 3.05) is 10.6 Å². The maximum Gasteiger partial charge on any atom is 0.304 e. The number of oxazole rings is 1. The molecule has 1 aliphatic heterocycles. The Labute approximate surface area is 216 Å². The molecule has 4 aromatic rings. The van der Waals surface area contributed by atoms with E-state index in [0.29, 0.717) is 44.6 Å². The van der Waals surface area contributed by atoms with Crippen molar-refractivity contribution in [3.8, 4) is 0 Å². The van der Waals surface area contributed by atoms with Gasteiger partial charge in [-0.2, -0.15) is 4.98 Å². The number of halogens is 1. The molecule has 4 heterocycles. The number of nitrogens with zero attached hydrogens (tertiary/aromatic N) is 4. The predicted octanol–water partition coefficient (Wildman–Crippen LogP) is 4.81. The quantitative estimate of drug-likeness (QED) is 0.322. The van der Waals surface area contributed by atoms with E-state index in [1.54, 1.807) is 31.3 Å². The Morgan fingerprint density at radius 2 is 1.92 bits per heavy atom. The predicted molar refractivity (Wildman–Crippen MR) is 140 cm³/mol. The molecule has 3 N–H and O–H groups in total. The first-order valence-electron chi connectivity index (χ1n) is 11.4. The molecule has 0 aliphatic carbocycles. The lowest BCUT2D eigenvalue weighted by molar-refractivity contribution is -0.113. The summed E-state index contributed by atoms with van der Waals surface area (Å²) in [5, 5.41) is 9.38. The van der Waals surface area contributed by atoms with Gasteiger partial charge in [-0.25, -0.2) is 15.0 Å². The largest absolute Gasteiger partial charge is 0.421 e. The number of nitrogens with one attached hydrogen (secondary N) is 3. The highest BCUT2D eigenvalue weighted by molar-refractivity contribution is 6.31. The first-order chi connectivity index (χ1) is 17.8. The molecule has 10 nitrogen and oxygen atoms in total. The van der Waals surface area contributed by atoms with E-state index in [-0.39, 0.29) is 17.6 Å². The van der Waals surface area contributed by atoms with Gasteiger partial charge >= 0.3 is 6.01 Å². The summed E-state index contributed by atoms with van der Waals surface area (Å²) in [4.78, 5) is 42.7. The highest BCUT2D eigenvalue weighted by Crippen LogP contribution is 2.36. The summed E-state index contributed by atoms with van der Waals surface area (Å²) in [7, 11) is 0. The Hall–Kier alpha value is -4.57. The number of aromatic nitrogens is 3. The van der Waals surface area contributed by atoms with Crippen LogP contribution in [-0.4, -0.2) is 32.6 Å². The molecule has 0 spiro atoms. The van der Waals surface area contributed by atoms with E-state index in [4.69, 9.17) is 21.0 Å². The van der Waals surface area contributed by atoms with Crippen LogP contribution in [0.1, 0.15) is 41.4 Å². The average Bonchev–Trinajstić information content (AvgIpc) is 3.26. The van der Waals surface area contributed by atoms with Gasteiger partial charge in [0.25, 0.3) is 5.91 Å². The van der Waals surface area contributed by atoms with Crippen molar-refractivity contribution < 1.29 is 14.0 Å². The number of amides is 1. The number of ketones is 1. The average molecular weight is 516 g/mol. The SMILES string of the molecule is CC(=O)c1ccnc(NC(=O)C2=C(C)NC(Nc3nc4ncccc4o3)=NC2c2ccc(C)cc2Cl)c1. The fourth-order valence-corrected chi connectivity index (χ4v) is 4.28. The van der Waals surface area contributed by atoms with E-state index < -0.39 is 11.9 Å². The first kappa shape index (κ1) is 24.1. The molecule has 11 heteroatoms. The molecule has 0 saturated carbocycles. The van der Waals surface area contributed by atoms with Crippen molar-refractivity contribution in [2.24, 2.45) is 4.99 Å². The molecular weight excluding hydrogens is 494 g/mol. The highest BCUT2D eigenvalue weighted by atomic mass is 35.5. The molecule has 0 fully saturated rings. The summed E-state index contributed by atoms with van der Waals surface area (Å²) in [5.41, 5.74) is 3.90. The Bertz CT molecular complexity index is 1580. The van der Waals surface area contributed by atoms with Crippen LogP contribution < -0.4 is 16.0 Å². The molecule has 0 saturated heterocycles. The van der Waals surface area contributed by atoms with Gasteiger partial charge in [0.1, 0.15) is 11.9 Å². The van der Waals surface area contributed by atoms with Gasteiger partial charge in [-0.05, 0) is 56.7 Å². The number of aryl methyl sites for hydroxylation is 1. The Morgan fingerprint density at radius 3 is 2.68 bits per heavy atom. The Morgan fingerprint density at radius 1 is 1.08 bits per heavy atom. The van der Waals surface area contributed by atoms with Gasteiger partial charge in [0, 0.05) is 34.2 Å². The molecule has 1 aliphatic rings. The van der Waals surface area contributed by atoms with Crippen molar-refractivity contribution in [2.45, 2.75) is 26.8 Å². The van der Waals surface area contributed by atoms with Crippen molar-refractivity contribution in [3.63, 3.8) is 0 Å². The molecule has 1 unspecified atom stereocenters. The summed E-state index contributed by atoms with van der Waals surface area (Å²) in [6.45, 7) is 5.13. The molecule has 5 rings (SSSR count). The molecule has 37 heavy (non-hydrogen) atoms. The lowest BCUT2D eigenvalue weighted by Gasteiger charge is -2.27. The Balaban J connectivity index is 1.50. The van der Waals surface area contributed by atoms with Crippen LogP contribution in [0.2, 0.25) is 5.02 Å². The minimum atomic E-state index is -0.754. The van der Waals surface area contributed by atoms with Gasteiger partial charge in [-0.15, -0.1) is 0 Å². The number of guanidine groups is 1. The van der Waals surface area contributed by atoms with Gasteiger partial charge in [-0.3, -0.25) is 14.9 Å². The highest BCUT2D eigenvalue weighted by Gasteiger charge is 2.31. The first-order valence-corrected chi connectivity index (χ1v) is 11.7. The molecular formula is C26H22ClN7O3. The van der Waals surface area contributed by atoms with Crippen molar-refractivity contribution in [3.05, 3.63) is 87.8 Å². The van der Waals surface area contributed by atoms with Crippen molar-refractivity contribution in [1.82, 2.24) is 20.3 Å². The molecule has 0 bridgehead atoms. The summed E-state index contributed by atoms with van der Waals surface area (Å²) < 4.78 is 5.71. The van der Waals surface area contributed by atoms with Crippen LogP contribution >= 0.6 is 11.6 Å². The number of anilines is 2. The van der Waals surface area contributed by atoms with Gasteiger partial charge in [-0.1, -0.05) is 23.7 Å². The topological polar surface area (TPSA) is 134 Å². The number of carbonyl (C=O) groups is 2. The van der Waals surface area contributed by atoms with E-state index in [9.17, 15) is 9.59 Å². The smallest absolute Gasteiger partial charge is 0.304 e. The fourth-order valence-electron chi connectivity index (χ4n) is 3.94. The van der Waals surface area contributed by atoms with Gasteiger partial charge in [0.2, 0.25) is 11.6 Å². The zero-order valence-corrected chi connectivity index (χ0v) is 20.9. The number of hydrogen-bond donors (Lipinski definition) is 3. The summed E-state index contributed by atoms with van der Waals surface area (Å²) >= 11 is 6.60. The molecule has 186 valence electrons. The monoisotopic (exact) mass is 515 g/mol. The number of fused-ring (bicyclic) bond motifs is 1. The second-order valence-corrected chi connectivity index (χ2v) is 8.89. The number of benzene rings is 1. The normalized spacial score (nSPS) is 15.2. The van der Waals surface area contributed by atoms with Crippen LogP contribution in [0.4, 0.5) is 11.8 Å².